The number of rotatable bonds is 2. The smallest absolute Gasteiger partial charge is 0.152 e. The lowest BCUT2D eigenvalue weighted by molar-refractivity contribution is 0.112. The highest BCUT2D eigenvalue weighted by molar-refractivity contribution is 6.88. The van der Waals surface area contributed by atoms with E-state index in [0.717, 1.165) is 22.8 Å². The number of hydrogen-bond donors (Lipinski definition) is 0. The monoisotopic (exact) mass is 231 g/mol. The summed E-state index contributed by atoms with van der Waals surface area (Å²) in [5, 5.41) is 2.48. The number of aromatic nitrogens is 1. The zero-order chi connectivity index (χ0) is 11.9. The van der Waals surface area contributed by atoms with Gasteiger partial charge >= 0.3 is 0 Å². The van der Waals surface area contributed by atoms with E-state index < -0.39 is 8.07 Å². The van der Waals surface area contributed by atoms with Crippen molar-refractivity contribution in [2.45, 2.75) is 19.6 Å². The third kappa shape index (κ3) is 1.71. The number of carbonyl (C=O) groups excluding carboxylic acids is 1. The number of nitrogens with zero attached hydrogens (tertiary/aromatic N) is 1. The largest absolute Gasteiger partial charge is 0.350 e. The first-order chi connectivity index (χ1) is 7.43. The summed E-state index contributed by atoms with van der Waals surface area (Å²) in [4.78, 5) is 11.0. The van der Waals surface area contributed by atoms with Crippen LogP contribution in [0.25, 0.3) is 10.9 Å². The van der Waals surface area contributed by atoms with Crippen LogP contribution >= 0.6 is 0 Å². The minimum Gasteiger partial charge on any atom is -0.350 e. The van der Waals surface area contributed by atoms with Gasteiger partial charge in [0.15, 0.2) is 6.29 Å². The summed E-state index contributed by atoms with van der Waals surface area (Å²) in [6.45, 7) is 6.95. The molecule has 0 aliphatic carbocycles. The molecule has 1 heterocycles. The van der Waals surface area contributed by atoms with Crippen LogP contribution in [0.3, 0.4) is 0 Å². The first-order valence-corrected chi connectivity index (χ1v) is 8.98. The van der Waals surface area contributed by atoms with Gasteiger partial charge < -0.3 is 4.57 Å². The Hall–Kier alpha value is -1.35. The molecular weight excluding hydrogens is 214 g/mol. The predicted molar refractivity (Wildman–Crippen MR) is 71.3 cm³/mol. The van der Waals surface area contributed by atoms with E-state index in [0.29, 0.717) is 0 Å². The van der Waals surface area contributed by atoms with E-state index in [-0.39, 0.29) is 0 Å². The van der Waals surface area contributed by atoms with E-state index in [1.54, 1.807) is 0 Å². The van der Waals surface area contributed by atoms with Gasteiger partial charge in [0.1, 0.15) is 0 Å². The second-order valence-corrected chi connectivity index (χ2v) is 10.4. The fourth-order valence-corrected chi connectivity index (χ4v) is 3.14. The van der Waals surface area contributed by atoms with Gasteiger partial charge in [-0.1, -0.05) is 37.0 Å². The molecule has 2 aromatic rings. The molecule has 0 radical (unpaired) electrons. The predicted octanol–water partition coefficient (Wildman–Crippen LogP) is 2.54. The molecule has 0 saturated carbocycles. The number of aryl methyl sites for hydroxylation is 1. The van der Waals surface area contributed by atoms with Gasteiger partial charge in [-0.25, -0.2) is 0 Å². The van der Waals surface area contributed by atoms with E-state index in [4.69, 9.17) is 0 Å². The minimum atomic E-state index is -1.30. The Morgan fingerprint density at radius 3 is 2.50 bits per heavy atom. The van der Waals surface area contributed by atoms with Gasteiger partial charge in [-0.05, 0) is 6.07 Å². The molecule has 3 heteroatoms. The summed E-state index contributed by atoms with van der Waals surface area (Å²) >= 11 is 0. The van der Waals surface area contributed by atoms with Crippen LogP contribution in [0.5, 0.6) is 0 Å². The molecule has 0 aliphatic rings. The second-order valence-electron chi connectivity index (χ2n) is 5.30. The van der Waals surface area contributed by atoms with Gasteiger partial charge in [-0.15, -0.1) is 0 Å². The van der Waals surface area contributed by atoms with Gasteiger partial charge in [-0.2, -0.15) is 0 Å². The zero-order valence-corrected chi connectivity index (χ0v) is 11.2. The Labute approximate surface area is 96.9 Å². The summed E-state index contributed by atoms with van der Waals surface area (Å²) < 4.78 is 2.01. The van der Waals surface area contributed by atoms with Gasteiger partial charge in [0.2, 0.25) is 0 Å². The lowest BCUT2D eigenvalue weighted by Gasteiger charge is -2.16. The summed E-state index contributed by atoms with van der Waals surface area (Å²) in [6.07, 6.45) is 2.84. The van der Waals surface area contributed by atoms with Crippen molar-refractivity contribution in [3.8, 4) is 0 Å². The van der Waals surface area contributed by atoms with Gasteiger partial charge in [0.25, 0.3) is 0 Å². The molecule has 0 N–H and O–H groups in total. The van der Waals surface area contributed by atoms with Crippen LogP contribution in [0, 0.1) is 0 Å². The van der Waals surface area contributed by atoms with E-state index in [2.05, 4.69) is 37.8 Å². The number of carbonyl (C=O) groups is 1. The number of aldehydes is 1. The molecule has 0 fully saturated rings. The molecule has 0 unspecified atom stereocenters. The Bertz CT molecular complexity index is 549. The first kappa shape index (κ1) is 11.1. The zero-order valence-electron chi connectivity index (χ0n) is 10.2. The maximum Gasteiger partial charge on any atom is 0.152 e. The lowest BCUT2D eigenvalue weighted by Crippen LogP contribution is -2.37. The molecule has 2 nitrogen and oxygen atoms in total. The average molecular weight is 231 g/mol. The molecule has 0 aliphatic heterocycles. The third-order valence-electron chi connectivity index (χ3n) is 3.01. The molecule has 16 heavy (non-hydrogen) atoms. The van der Waals surface area contributed by atoms with Crippen molar-refractivity contribution in [2.75, 3.05) is 0 Å². The Balaban J connectivity index is 2.74. The van der Waals surface area contributed by atoms with Crippen molar-refractivity contribution >= 4 is 30.4 Å². The normalized spacial score (nSPS) is 12.0. The minimum absolute atomic E-state index is 0.789. The molecule has 0 atom stereocenters. The van der Waals surface area contributed by atoms with E-state index >= 15 is 0 Å². The van der Waals surface area contributed by atoms with Crippen molar-refractivity contribution in [3.05, 3.63) is 30.0 Å². The molecular formula is C13H17NOSi. The van der Waals surface area contributed by atoms with Crippen LogP contribution in [-0.2, 0) is 7.05 Å². The van der Waals surface area contributed by atoms with Crippen molar-refractivity contribution in [1.82, 2.24) is 4.57 Å². The number of benzene rings is 1. The molecule has 0 amide bonds. The van der Waals surface area contributed by atoms with Crippen LogP contribution in [0.4, 0.5) is 0 Å². The van der Waals surface area contributed by atoms with Crippen molar-refractivity contribution in [3.63, 3.8) is 0 Å². The standard InChI is InChI=1S/C13H17NOSi/c1-14-8-10(9-15)12-7-11(16(2,3)4)5-6-13(12)14/h5-9H,1-4H3. The van der Waals surface area contributed by atoms with Crippen molar-refractivity contribution in [1.29, 1.82) is 0 Å². The molecule has 0 spiro atoms. The van der Waals surface area contributed by atoms with Crippen LogP contribution in [-0.4, -0.2) is 18.9 Å². The highest BCUT2D eigenvalue weighted by Gasteiger charge is 2.17. The van der Waals surface area contributed by atoms with Crippen molar-refractivity contribution in [2.24, 2.45) is 7.05 Å². The van der Waals surface area contributed by atoms with Gasteiger partial charge in [0.05, 0.1) is 8.07 Å². The topological polar surface area (TPSA) is 22.0 Å². The number of fused-ring (bicyclic) bond motifs is 1. The molecule has 2 rings (SSSR count). The van der Waals surface area contributed by atoms with E-state index in [1.165, 1.54) is 5.19 Å². The maximum absolute atomic E-state index is 11.0. The van der Waals surface area contributed by atoms with Crippen LogP contribution < -0.4 is 5.19 Å². The lowest BCUT2D eigenvalue weighted by atomic mass is 10.2. The summed E-state index contributed by atoms with van der Waals surface area (Å²) in [7, 11) is 0.674. The fourth-order valence-electron chi connectivity index (χ4n) is 1.98. The Morgan fingerprint density at radius 1 is 1.25 bits per heavy atom. The molecule has 84 valence electrons. The molecule has 0 saturated heterocycles. The maximum atomic E-state index is 11.0. The van der Waals surface area contributed by atoms with Gasteiger partial charge in [0, 0.05) is 29.7 Å². The highest BCUT2D eigenvalue weighted by atomic mass is 28.3. The molecule has 0 bridgehead atoms. The average Bonchev–Trinajstić information content (AvgIpc) is 2.54. The van der Waals surface area contributed by atoms with Gasteiger partial charge in [-0.3, -0.25) is 4.79 Å². The van der Waals surface area contributed by atoms with Crippen LogP contribution in [0.15, 0.2) is 24.4 Å². The number of hydrogen-bond acceptors (Lipinski definition) is 1. The molecule has 1 aromatic carbocycles. The van der Waals surface area contributed by atoms with E-state index in [1.807, 2.05) is 17.8 Å². The first-order valence-electron chi connectivity index (χ1n) is 5.48. The van der Waals surface area contributed by atoms with Crippen LogP contribution in [0.2, 0.25) is 19.6 Å². The SMILES string of the molecule is Cn1cc(C=O)c2cc([Si](C)(C)C)ccc21. The summed E-state index contributed by atoms with van der Waals surface area (Å²) in [5.74, 6) is 0. The summed E-state index contributed by atoms with van der Waals surface area (Å²) in [6, 6.07) is 6.50. The Kier molecular flexibility index (Phi) is 2.50. The Morgan fingerprint density at radius 2 is 1.94 bits per heavy atom. The second kappa shape index (κ2) is 3.59. The quantitative estimate of drug-likeness (QED) is 0.575. The molecule has 1 aromatic heterocycles. The fraction of sp³-hybridized carbons (Fsp3) is 0.308. The van der Waals surface area contributed by atoms with Crippen LogP contribution in [0.1, 0.15) is 10.4 Å². The highest BCUT2D eigenvalue weighted by Crippen LogP contribution is 2.19. The van der Waals surface area contributed by atoms with E-state index in [9.17, 15) is 4.79 Å². The summed E-state index contributed by atoms with van der Waals surface area (Å²) in [5.41, 5.74) is 1.92. The third-order valence-corrected chi connectivity index (χ3v) is 5.06. The van der Waals surface area contributed by atoms with Crippen molar-refractivity contribution < 1.29 is 4.79 Å².